The third-order valence-electron chi connectivity index (χ3n) is 4.57. The van der Waals surface area contributed by atoms with E-state index in [-0.39, 0.29) is 17.2 Å². The quantitative estimate of drug-likeness (QED) is 0.720. The van der Waals surface area contributed by atoms with Crippen LogP contribution in [0.15, 0.2) is 48.5 Å². The normalized spacial score (nSPS) is 16.6. The van der Waals surface area contributed by atoms with Crippen molar-refractivity contribution in [3.8, 4) is 0 Å². The molecule has 0 radical (unpaired) electrons. The Balaban J connectivity index is 1.90. The molecular weight excluding hydrogens is 356 g/mol. The van der Waals surface area contributed by atoms with Gasteiger partial charge in [-0.1, -0.05) is 50.6 Å². The average Bonchev–Trinajstić information content (AvgIpc) is 3.04. The monoisotopic (exact) mass is 382 g/mol. The van der Waals surface area contributed by atoms with Gasteiger partial charge in [0.2, 0.25) is 11.8 Å². The summed E-state index contributed by atoms with van der Waals surface area (Å²) in [5, 5.41) is 2.88. The number of nitrogens with one attached hydrogen (secondary N) is 1. The maximum absolute atomic E-state index is 12.7. The lowest BCUT2D eigenvalue weighted by Gasteiger charge is -2.27. The van der Waals surface area contributed by atoms with E-state index >= 15 is 0 Å². The molecule has 1 aliphatic rings. The van der Waals surface area contributed by atoms with E-state index in [1.807, 2.05) is 54.3 Å². The molecule has 0 aliphatic carbocycles. The van der Waals surface area contributed by atoms with Crippen LogP contribution in [0.4, 0.5) is 11.4 Å². The number of carbonyl (C=O) groups excluding carboxylic acids is 2. The van der Waals surface area contributed by atoms with Gasteiger partial charge in [-0.2, -0.15) is 0 Å². The Morgan fingerprint density at radius 1 is 1.15 bits per heavy atom. The molecule has 1 N–H and O–H groups in total. The second kappa shape index (κ2) is 9.09. The fourth-order valence-corrected chi connectivity index (χ4v) is 4.54. The second-order valence-corrected chi connectivity index (χ2v) is 7.80. The van der Waals surface area contributed by atoms with E-state index < -0.39 is 0 Å². The van der Waals surface area contributed by atoms with Crippen molar-refractivity contribution in [3.05, 3.63) is 59.7 Å². The van der Waals surface area contributed by atoms with Crippen LogP contribution in [0.3, 0.4) is 0 Å². The number of benzene rings is 2. The molecule has 2 amide bonds. The summed E-state index contributed by atoms with van der Waals surface area (Å²) >= 11 is 1.63. The molecule has 0 spiro atoms. The van der Waals surface area contributed by atoms with E-state index in [2.05, 4.69) is 18.3 Å². The Hall–Kier alpha value is -2.27. The van der Waals surface area contributed by atoms with Crippen LogP contribution in [0.5, 0.6) is 0 Å². The molecule has 1 aliphatic heterocycles. The number of rotatable bonds is 7. The number of anilines is 2. The van der Waals surface area contributed by atoms with Crippen LogP contribution in [0, 0.1) is 0 Å². The van der Waals surface area contributed by atoms with Crippen LogP contribution in [0.25, 0.3) is 0 Å². The van der Waals surface area contributed by atoms with Gasteiger partial charge < -0.3 is 5.32 Å². The Labute approximate surface area is 165 Å². The first-order valence-electron chi connectivity index (χ1n) is 9.55. The lowest BCUT2D eigenvalue weighted by atomic mass is 10.1. The van der Waals surface area contributed by atoms with Crippen LogP contribution in [0.2, 0.25) is 0 Å². The highest BCUT2D eigenvalue weighted by Gasteiger charge is 2.35. The van der Waals surface area contributed by atoms with E-state index in [1.165, 1.54) is 5.56 Å². The minimum atomic E-state index is -0.0708. The zero-order chi connectivity index (χ0) is 19.2. The Morgan fingerprint density at radius 3 is 2.74 bits per heavy atom. The predicted octanol–water partition coefficient (Wildman–Crippen LogP) is 5.16. The molecule has 0 bridgehead atoms. The van der Waals surface area contributed by atoms with E-state index in [4.69, 9.17) is 0 Å². The van der Waals surface area contributed by atoms with Crippen molar-refractivity contribution >= 4 is 35.0 Å². The number of para-hydroxylation sites is 1. The number of nitrogens with zero attached hydrogens (tertiary/aromatic N) is 1. The van der Waals surface area contributed by atoms with E-state index in [1.54, 1.807) is 11.8 Å². The molecular formula is C22H26N2O2S. The molecule has 142 valence electrons. The molecule has 1 saturated heterocycles. The van der Waals surface area contributed by atoms with Crippen LogP contribution in [0.1, 0.15) is 49.6 Å². The van der Waals surface area contributed by atoms with Gasteiger partial charge in [0, 0.05) is 17.8 Å². The van der Waals surface area contributed by atoms with Gasteiger partial charge in [0.1, 0.15) is 5.37 Å². The molecule has 1 fully saturated rings. The Morgan fingerprint density at radius 2 is 1.96 bits per heavy atom. The first-order chi connectivity index (χ1) is 13.1. The Kier molecular flexibility index (Phi) is 6.56. The molecule has 4 nitrogen and oxygen atoms in total. The van der Waals surface area contributed by atoms with Gasteiger partial charge in [-0.15, -0.1) is 11.8 Å². The van der Waals surface area contributed by atoms with E-state index in [0.29, 0.717) is 12.2 Å². The molecule has 5 heteroatoms. The summed E-state index contributed by atoms with van der Waals surface area (Å²) in [4.78, 5) is 26.5. The van der Waals surface area contributed by atoms with Crippen LogP contribution >= 0.6 is 11.8 Å². The fraction of sp³-hybridized carbons (Fsp3) is 0.364. The third-order valence-corrected chi connectivity index (χ3v) is 5.78. The van der Waals surface area contributed by atoms with Gasteiger partial charge in [0.25, 0.3) is 0 Å². The molecule has 0 saturated carbocycles. The van der Waals surface area contributed by atoms with Gasteiger partial charge in [-0.25, -0.2) is 0 Å². The average molecular weight is 383 g/mol. The van der Waals surface area contributed by atoms with E-state index in [0.717, 1.165) is 36.2 Å². The number of hydrogen-bond acceptors (Lipinski definition) is 3. The Bertz CT molecular complexity index is 821. The second-order valence-electron chi connectivity index (χ2n) is 6.73. The number of hydrogen-bond donors (Lipinski definition) is 1. The molecule has 2 aromatic rings. The highest BCUT2D eigenvalue weighted by molar-refractivity contribution is 8.00. The summed E-state index contributed by atoms with van der Waals surface area (Å²) in [5.41, 5.74) is 4.02. The van der Waals surface area contributed by atoms with Gasteiger partial charge in [-0.3, -0.25) is 14.5 Å². The van der Waals surface area contributed by atoms with Crippen molar-refractivity contribution < 1.29 is 9.59 Å². The lowest BCUT2D eigenvalue weighted by molar-refractivity contribution is -0.116. The maximum Gasteiger partial charge on any atom is 0.238 e. The SMILES string of the molecule is CCCC(=O)Nc1cccc([C@@H]2SCC(=O)N2c2ccccc2CCC)c1. The minimum Gasteiger partial charge on any atom is -0.326 e. The number of carbonyl (C=O) groups is 2. The van der Waals surface area contributed by atoms with Crippen molar-refractivity contribution in [1.82, 2.24) is 0 Å². The van der Waals surface area contributed by atoms with Gasteiger partial charge in [0.05, 0.1) is 5.75 Å². The standard InChI is InChI=1S/C22H26N2O2S/c1-3-8-16-10-5-6-13-19(16)24-21(26)15-27-22(24)17-11-7-12-18(14-17)23-20(25)9-4-2/h5-7,10-14,22H,3-4,8-9,15H2,1-2H3,(H,23,25)/t22-/m0/s1. The molecule has 1 heterocycles. The first-order valence-corrected chi connectivity index (χ1v) is 10.6. The predicted molar refractivity (Wildman–Crippen MR) is 113 cm³/mol. The van der Waals surface area contributed by atoms with Crippen molar-refractivity contribution in [2.75, 3.05) is 16.0 Å². The number of thioether (sulfide) groups is 1. The fourth-order valence-electron chi connectivity index (χ4n) is 3.38. The highest BCUT2D eigenvalue weighted by atomic mass is 32.2. The van der Waals surface area contributed by atoms with Crippen LogP contribution in [-0.2, 0) is 16.0 Å². The van der Waals surface area contributed by atoms with Crippen molar-refractivity contribution in [3.63, 3.8) is 0 Å². The summed E-state index contributed by atoms with van der Waals surface area (Å²) in [6.07, 6.45) is 3.32. The lowest BCUT2D eigenvalue weighted by Crippen LogP contribution is -2.28. The first kappa shape index (κ1) is 19.5. The molecule has 27 heavy (non-hydrogen) atoms. The summed E-state index contributed by atoms with van der Waals surface area (Å²) < 4.78 is 0. The van der Waals surface area contributed by atoms with Crippen LogP contribution < -0.4 is 10.2 Å². The van der Waals surface area contributed by atoms with Crippen LogP contribution in [-0.4, -0.2) is 17.6 Å². The third kappa shape index (κ3) is 4.53. The topological polar surface area (TPSA) is 49.4 Å². The minimum absolute atomic E-state index is 0.0231. The van der Waals surface area contributed by atoms with Gasteiger partial charge in [0.15, 0.2) is 0 Å². The number of amides is 2. The summed E-state index contributed by atoms with van der Waals surface area (Å²) in [6, 6.07) is 16.0. The largest absolute Gasteiger partial charge is 0.326 e. The highest BCUT2D eigenvalue weighted by Crippen LogP contribution is 2.43. The summed E-state index contributed by atoms with van der Waals surface area (Å²) in [5.74, 6) is 0.626. The maximum atomic E-state index is 12.7. The van der Waals surface area contributed by atoms with Crippen molar-refractivity contribution in [2.45, 2.75) is 44.9 Å². The molecule has 0 aromatic heterocycles. The number of aryl methyl sites for hydroxylation is 1. The zero-order valence-electron chi connectivity index (χ0n) is 15.9. The van der Waals surface area contributed by atoms with Crippen molar-refractivity contribution in [2.24, 2.45) is 0 Å². The molecule has 3 rings (SSSR count). The molecule has 1 atom stereocenters. The smallest absolute Gasteiger partial charge is 0.238 e. The van der Waals surface area contributed by atoms with Crippen molar-refractivity contribution in [1.29, 1.82) is 0 Å². The van der Waals surface area contributed by atoms with Gasteiger partial charge >= 0.3 is 0 Å². The van der Waals surface area contributed by atoms with Gasteiger partial charge in [-0.05, 0) is 42.2 Å². The van der Waals surface area contributed by atoms with E-state index in [9.17, 15) is 9.59 Å². The molecule has 2 aromatic carbocycles. The zero-order valence-corrected chi connectivity index (χ0v) is 16.7. The molecule has 0 unspecified atom stereocenters. The summed E-state index contributed by atoms with van der Waals surface area (Å²) in [6.45, 7) is 4.14. The summed E-state index contributed by atoms with van der Waals surface area (Å²) in [7, 11) is 0.